The molecule has 2 heteroatoms. The lowest BCUT2D eigenvalue weighted by Crippen LogP contribution is -2.25. The van der Waals surface area contributed by atoms with E-state index in [1.165, 1.54) is 19.3 Å². The maximum atomic E-state index is 12.4. The van der Waals surface area contributed by atoms with Crippen molar-refractivity contribution in [1.82, 2.24) is 0 Å². The van der Waals surface area contributed by atoms with Gasteiger partial charge in [0.05, 0.1) is 6.54 Å². The molecule has 0 spiro atoms. The zero-order chi connectivity index (χ0) is 16.3. The standard InChI is InChI=1S/C21H27NO/c1-2-3-4-5-12-17-21(23)18-22(19-13-8-6-9-14-19)20-15-10-7-11-16-20/h6-11,13-16H,2-5,12,17-18H2,1H3. The fraction of sp³-hybridized carbons (Fsp3) is 0.381. The van der Waals surface area contributed by atoms with E-state index in [2.05, 4.69) is 36.1 Å². The Morgan fingerprint density at radius 1 is 0.783 bits per heavy atom. The molecule has 0 saturated carbocycles. The van der Waals surface area contributed by atoms with Crippen molar-refractivity contribution in [3.63, 3.8) is 0 Å². The zero-order valence-corrected chi connectivity index (χ0v) is 14.1. The Kier molecular flexibility index (Phi) is 7.38. The third-order valence-corrected chi connectivity index (χ3v) is 4.03. The Morgan fingerprint density at radius 3 is 1.83 bits per heavy atom. The van der Waals surface area contributed by atoms with Gasteiger partial charge in [0.15, 0.2) is 5.78 Å². The molecule has 23 heavy (non-hydrogen) atoms. The highest BCUT2D eigenvalue weighted by atomic mass is 16.1. The van der Waals surface area contributed by atoms with Crippen LogP contribution in [0.5, 0.6) is 0 Å². The smallest absolute Gasteiger partial charge is 0.152 e. The van der Waals surface area contributed by atoms with Gasteiger partial charge in [-0.05, 0) is 30.7 Å². The van der Waals surface area contributed by atoms with Crippen molar-refractivity contribution < 1.29 is 4.79 Å². The van der Waals surface area contributed by atoms with Gasteiger partial charge in [0.2, 0.25) is 0 Å². The average Bonchev–Trinajstić information content (AvgIpc) is 2.61. The predicted octanol–water partition coefficient (Wildman–Crippen LogP) is 5.75. The molecular formula is C21H27NO. The second kappa shape index (κ2) is 9.83. The number of hydrogen-bond donors (Lipinski definition) is 0. The molecule has 0 N–H and O–H groups in total. The number of carbonyl (C=O) groups excluding carboxylic acids is 1. The second-order valence-electron chi connectivity index (χ2n) is 5.96. The van der Waals surface area contributed by atoms with E-state index in [9.17, 15) is 4.79 Å². The van der Waals surface area contributed by atoms with Gasteiger partial charge in [-0.15, -0.1) is 0 Å². The van der Waals surface area contributed by atoms with Crippen LogP contribution in [0.15, 0.2) is 60.7 Å². The molecule has 0 atom stereocenters. The van der Waals surface area contributed by atoms with Crippen molar-refractivity contribution in [3.8, 4) is 0 Å². The Balaban J connectivity index is 1.97. The summed E-state index contributed by atoms with van der Waals surface area (Å²) in [5, 5.41) is 0. The van der Waals surface area contributed by atoms with Gasteiger partial charge >= 0.3 is 0 Å². The van der Waals surface area contributed by atoms with E-state index in [4.69, 9.17) is 0 Å². The third-order valence-electron chi connectivity index (χ3n) is 4.03. The van der Waals surface area contributed by atoms with Crippen LogP contribution in [-0.2, 0) is 4.79 Å². The number of benzene rings is 2. The van der Waals surface area contributed by atoms with Crippen LogP contribution < -0.4 is 4.90 Å². The summed E-state index contributed by atoms with van der Waals surface area (Å²) in [6.07, 6.45) is 6.61. The highest BCUT2D eigenvalue weighted by Crippen LogP contribution is 2.24. The van der Waals surface area contributed by atoms with Crippen molar-refractivity contribution in [2.24, 2.45) is 0 Å². The van der Waals surface area contributed by atoms with E-state index in [0.29, 0.717) is 18.7 Å². The monoisotopic (exact) mass is 309 g/mol. The maximum absolute atomic E-state index is 12.4. The molecule has 2 rings (SSSR count). The van der Waals surface area contributed by atoms with E-state index < -0.39 is 0 Å². The van der Waals surface area contributed by atoms with Crippen molar-refractivity contribution in [2.45, 2.75) is 45.4 Å². The molecule has 122 valence electrons. The number of ketones is 1. The highest BCUT2D eigenvalue weighted by Gasteiger charge is 2.13. The molecule has 0 fully saturated rings. The molecule has 0 aliphatic carbocycles. The Bertz CT molecular complexity index is 525. The van der Waals surface area contributed by atoms with Gasteiger partial charge in [0.1, 0.15) is 0 Å². The van der Waals surface area contributed by atoms with E-state index in [1.807, 2.05) is 36.4 Å². The second-order valence-corrected chi connectivity index (χ2v) is 5.96. The summed E-state index contributed by atoms with van der Waals surface area (Å²) in [7, 11) is 0. The molecule has 2 aromatic carbocycles. The quantitative estimate of drug-likeness (QED) is 0.520. The minimum absolute atomic E-state index is 0.314. The first-order valence-corrected chi connectivity index (χ1v) is 8.70. The third kappa shape index (κ3) is 5.90. The van der Waals surface area contributed by atoms with Crippen LogP contribution in [0.4, 0.5) is 11.4 Å². The minimum atomic E-state index is 0.314. The number of hydrogen-bond acceptors (Lipinski definition) is 2. The van der Waals surface area contributed by atoms with Crippen LogP contribution in [0.3, 0.4) is 0 Å². The largest absolute Gasteiger partial charge is 0.334 e. The normalized spacial score (nSPS) is 10.5. The lowest BCUT2D eigenvalue weighted by atomic mass is 10.1. The Morgan fingerprint density at radius 2 is 1.30 bits per heavy atom. The van der Waals surface area contributed by atoms with Crippen LogP contribution in [0.1, 0.15) is 45.4 Å². The number of carbonyl (C=O) groups is 1. The molecule has 2 aromatic rings. The minimum Gasteiger partial charge on any atom is -0.334 e. The average molecular weight is 309 g/mol. The van der Waals surface area contributed by atoms with Gasteiger partial charge in [0.25, 0.3) is 0 Å². The van der Waals surface area contributed by atoms with Crippen molar-refractivity contribution in [3.05, 3.63) is 60.7 Å². The number of para-hydroxylation sites is 2. The summed E-state index contributed by atoms with van der Waals surface area (Å²) < 4.78 is 0. The maximum Gasteiger partial charge on any atom is 0.152 e. The van der Waals surface area contributed by atoms with E-state index in [-0.39, 0.29) is 0 Å². The summed E-state index contributed by atoms with van der Waals surface area (Å²) in [4.78, 5) is 14.5. The molecule has 0 heterocycles. The number of anilines is 2. The molecule has 0 bridgehead atoms. The number of rotatable bonds is 10. The van der Waals surface area contributed by atoms with E-state index >= 15 is 0 Å². The van der Waals surface area contributed by atoms with Crippen molar-refractivity contribution in [2.75, 3.05) is 11.4 Å². The molecule has 0 radical (unpaired) electrons. The van der Waals surface area contributed by atoms with Crippen molar-refractivity contribution in [1.29, 1.82) is 0 Å². The summed E-state index contributed by atoms with van der Waals surface area (Å²) >= 11 is 0. The van der Waals surface area contributed by atoms with E-state index in [1.54, 1.807) is 0 Å². The molecule has 0 amide bonds. The first-order valence-electron chi connectivity index (χ1n) is 8.70. The lowest BCUT2D eigenvalue weighted by Gasteiger charge is -2.24. The summed E-state index contributed by atoms with van der Waals surface area (Å²) in [5.41, 5.74) is 2.14. The molecule has 0 saturated heterocycles. The highest BCUT2D eigenvalue weighted by molar-refractivity contribution is 5.86. The van der Waals surface area contributed by atoms with E-state index in [0.717, 1.165) is 24.2 Å². The molecule has 0 aromatic heterocycles. The summed E-state index contributed by atoms with van der Waals surface area (Å²) in [5.74, 6) is 0.314. The molecule has 0 aliphatic heterocycles. The molecule has 0 aliphatic rings. The van der Waals surface area contributed by atoms with Gasteiger partial charge < -0.3 is 4.90 Å². The predicted molar refractivity (Wildman–Crippen MR) is 98.3 cm³/mol. The van der Waals surface area contributed by atoms with Crippen LogP contribution in [0, 0.1) is 0 Å². The lowest BCUT2D eigenvalue weighted by molar-refractivity contribution is -0.117. The number of unbranched alkanes of at least 4 members (excludes halogenated alkanes) is 4. The molecule has 2 nitrogen and oxygen atoms in total. The molecule has 0 unspecified atom stereocenters. The Hall–Kier alpha value is -2.09. The topological polar surface area (TPSA) is 20.3 Å². The Labute approximate surface area is 140 Å². The SMILES string of the molecule is CCCCCCCC(=O)CN(c1ccccc1)c1ccccc1. The van der Waals surface area contributed by atoms with Gasteiger partial charge in [-0.1, -0.05) is 69.0 Å². The van der Waals surface area contributed by atoms with Gasteiger partial charge in [-0.3, -0.25) is 4.79 Å². The summed E-state index contributed by atoms with van der Waals surface area (Å²) in [6.45, 7) is 2.66. The fourth-order valence-corrected chi connectivity index (χ4v) is 2.73. The molecular weight excluding hydrogens is 282 g/mol. The first-order chi connectivity index (χ1) is 11.3. The zero-order valence-electron chi connectivity index (χ0n) is 14.1. The van der Waals surface area contributed by atoms with Gasteiger partial charge in [-0.2, -0.15) is 0 Å². The van der Waals surface area contributed by atoms with Crippen LogP contribution in [-0.4, -0.2) is 12.3 Å². The first kappa shape index (κ1) is 17.3. The van der Waals surface area contributed by atoms with Crippen LogP contribution in [0.25, 0.3) is 0 Å². The number of Topliss-reactive ketones (excluding diaryl/α,β-unsaturated/α-hetero) is 1. The van der Waals surface area contributed by atoms with Gasteiger partial charge in [-0.25, -0.2) is 0 Å². The number of nitrogens with zero attached hydrogens (tertiary/aromatic N) is 1. The van der Waals surface area contributed by atoms with Gasteiger partial charge in [0, 0.05) is 17.8 Å². The summed E-state index contributed by atoms with van der Waals surface area (Å²) in [6, 6.07) is 20.3. The fourth-order valence-electron chi connectivity index (χ4n) is 2.73. The van der Waals surface area contributed by atoms with Crippen LogP contribution >= 0.6 is 0 Å². The van der Waals surface area contributed by atoms with Crippen molar-refractivity contribution >= 4 is 17.2 Å². The van der Waals surface area contributed by atoms with Crippen LogP contribution in [0.2, 0.25) is 0 Å².